The molecule has 0 aromatic carbocycles. The maximum atomic E-state index is 11.2. The maximum absolute atomic E-state index is 11.2. The zero-order chi connectivity index (χ0) is 15.3. The molecule has 5 heteroatoms. The third kappa shape index (κ3) is 4.13. The molecule has 0 amide bonds. The lowest BCUT2D eigenvalue weighted by Gasteiger charge is -2.36. The average Bonchev–Trinajstić information content (AvgIpc) is 2.53. The number of aryl methyl sites for hydroxylation is 1. The summed E-state index contributed by atoms with van der Waals surface area (Å²) >= 11 is 1.93. The number of aromatic nitrogens is 1. The minimum atomic E-state index is -0.896. The number of nitrogens with one attached hydrogen (secondary N) is 1. The average molecular weight is 308 g/mol. The van der Waals surface area contributed by atoms with E-state index in [9.17, 15) is 9.90 Å². The normalized spacial score (nSPS) is 17.4. The largest absolute Gasteiger partial charge is 0.478 e. The molecule has 1 aliphatic rings. The van der Waals surface area contributed by atoms with Crippen molar-refractivity contribution >= 4 is 23.5 Å². The van der Waals surface area contributed by atoms with Gasteiger partial charge in [0, 0.05) is 17.0 Å². The molecule has 2 N–H and O–H groups in total. The van der Waals surface area contributed by atoms with Crippen LogP contribution in [0.4, 0.5) is 5.82 Å². The quantitative estimate of drug-likeness (QED) is 0.836. The number of carboxylic acid groups (broad SMARTS) is 1. The highest BCUT2D eigenvalue weighted by molar-refractivity contribution is 8.00. The van der Waals surface area contributed by atoms with Crippen LogP contribution in [-0.4, -0.2) is 33.6 Å². The smallest absolute Gasteiger partial charge is 0.335 e. The van der Waals surface area contributed by atoms with Crippen LogP contribution >= 0.6 is 11.8 Å². The summed E-state index contributed by atoms with van der Waals surface area (Å²) in [7, 11) is 0. The molecule has 21 heavy (non-hydrogen) atoms. The molecule has 0 saturated heterocycles. The lowest BCUT2D eigenvalue weighted by atomic mass is 9.88. The van der Waals surface area contributed by atoms with E-state index >= 15 is 0 Å². The summed E-state index contributed by atoms with van der Waals surface area (Å²) < 4.78 is 0.269. The number of thioether (sulfide) groups is 1. The van der Waals surface area contributed by atoms with E-state index in [-0.39, 0.29) is 4.75 Å². The Kier molecular flexibility index (Phi) is 5.51. The Morgan fingerprint density at radius 2 is 2.10 bits per heavy atom. The predicted octanol–water partition coefficient (Wildman–Crippen LogP) is 3.82. The fourth-order valence-electron chi connectivity index (χ4n) is 2.88. The number of aromatic carboxylic acids is 1. The summed E-state index contributed by atoms with van der Waals surface area (Å²) in [6.07, 6.45) is 9.25. The van der Waals surface area contributed by atoms with E-state index in [1.54, 1.807) is 12.1 Å². The summed E-state index contributed by atoms with van der Waals surface area (Å²) in [6, 6.07) is 3.29. The molecule has 0 bridgehead atoms. The summed E-state index contributed by atoms with van der Waals surface area (Å²) in [5, 5.41) is 12.6. The second-order valence-electron chi connectivity index (χ2n) is 5.69. The molecular formula is C16H24N2O2S. The van der Waals surface area contributed by atoms with Gasteiger partial charge >= 0.3 is 5.97 Å². The number of carbonyl (C=O) groups is 1. The Labute approximate surface area is 130 Å². The summed E-state index contributed by atoms with van der Waals surface area (Å²) in [5.41, 5.74) is 1.13. The van der Waals surface area contributed by atoms with Crippen LogP contribution in [0.1, 0.15) is 55.1 Å². The van der Waals surface area contributed by atoms with Gasteiger partial charge < -0.3 is 10.4 Å². The molecule has 1 aliphatic carbocycles. The molecule has 1 heterocycles. The van der Waals surface area contributed by atoms with Gasteiger partial charge in [0.2, 0.25) is 0 Å². The standard InChI is InChI=1S/C16H24N2O2S/c1-3-13-9-12(15(19)20)10-14(18-13)17-11-16(21-2)7-5-4-6-8-16/h9-10H,3-8,11H2,1-2H3,(H,17,18)(H,19,20). The van der Waals surface area contributed by atoms with Crippen LogP contribution in [0.2, 0.25) is 0 Å². The van der Waals surface area contributed by atoms with Crippen molar-refractivity contribution in [3.05, 3.63) is 23.4 Å². The number of carboxylic acids is 1. The number of anilines is 1. The number of nitrogens with zero attached hydrogens (tertiary/aromatic N) is 1. The first kappa shape index (κ1) is 16.1. The van der Waals surface area contributed by atoms with E-state index < -0.39 is 5.97 Å². The highest BCUT2D eigenvalue weighted by Crippen LogP contribution is 2.38. The van der Waals surface area contributed by atoms with Crippen LogP contribution in [0, 0.1) is 0 Å². The Morgan fingerprint density at radius 1 is 1.38 bits per heavy atom. The lowest BCUT2D eigenvalue weighted by Crippen LogP contribution is -2.35. The van der Waals surface area contributed by atoms with Gasteiger partial charge in [-0.25, -0.2) is 9.78 Å². The van der Waals surface area contributed by atoms with Gasteiger partial charge in [-0.1, -0.05) is 26.2 Å². The summed E-state index contributed by atoms with van der Waals surface area (Å²) in [5.74, 6) is -0.210. The van der Waals surface area contributed by atoms with Crippen molar-refractivity contribution < 1.29 is 9.90 Å². The SMILES string of the molecule is CCc1cc(C(=O)O)cc(NCC2(SC)CCCCC2)n1. The minimum absolute atomic E-state index is 0.269. The van der Waals surface area contributed by atoms with Crippen LogP contribution in [0.3, 0.4) is 0 Å². The molecule has 0 aliphatic heterocycles. The lowest BCUT2D eigenvalue weighted by molar-refractivity contribution is 0.0696. The zero-order valence-electron chi connectivity index (χ0n) is 12.8. The number of rotatable bonds is 6. The van der Waals surface area contributed by atoms with Crippen LogP contribution in [-0.2, 0) is 6.42 Å². The summed E-state index contributed by atoms with van der Waals surface area (Å²) in [4.78, 5) is 15.7. The van der Waals surface area contributed by atoms with Gasteiger partial charge in [-0.2, -0.15) is 11.8 Å². The first-order valence-electron chi connectivity index (χ1n) is 7.62. The first-order chi connectivity index (χ1) is 10.1. The Balaban J connectivity index is 2.11. The Morgan fingerprint density at radius 3 is 2.67 bits per heavy atom. The second-order valence-corrected chi connectivity index (χ2v) is 6.97. The Bertz CT molecular complexity index is 499. The molecular weight excluding hydrogens is 284 g/mol. The number of hydrogen-bond acceptors (Lipinski definition) is 4. The molecule has 2 rings (SSSR count). The van der Waals surface area contributed by atoms with E-state index in [0.29, 0.717) is 11.4 Å². The van der Waals surface area contributed by atoms with Crippen molar-refractivity contribution in [2.24, 2.45) is 0 Å². The van der Waals surface area contributed by atoms with Gasteiger partial charge in [-0.15, -0.1) is 0 Å². The minimum Gasteiger partial charge on any atom is -0.478 e. The van der Waals surface area contributed by atoms with Gasteiger partial charge in [0.25, 0.3) is 0 Å². The van der Waals surface area contributed by atoms with Crippen LogP contribution < -0.4 is 5.32 Å². The molecule has 4 nitrogen and oxygen atoms in total. The molecule has 0 radical (unpaired) electrons. The zero-order valence-corrected chi connectivity index (χ0v) is 13.6. The van der Waals surface area contributed by atoms with Gasteiger partial charge in [0.05, 0.1) is 5.56 Å². The van der Waals surface area contributed by atoms with Crippen molar-refractivity contribution in [1.29, 1.82) is 0 Å². The monoisotopic (exact) mass is 308 g/mol. The Hall–Kier alpha value is -1.23. The van der Waals surface area contributed by atoms with Gasteiger partial charge in [-0.05, 0) is 37.7 Å². The molecule has 1 aromatic heterocycles. The summed E-state index contributed by atoms with van der Waals surface area (Å²) in [6.45, 7) is 2.84. The van der Waals surface area contributed by atoms with Crippen molar-refractivity contribution in [1.82, 2.24) is 4.98 Å². The van der Waals surface area contributed by atoms with E-state index in [1.807, 2.05) is 18.7 Å². The van der Waals surface area contributed by atoms with Crippen LogP contribution in [0.25, 0.3) is 0 Å². The van der Waals surface area contributed by atoms with Crippen molar-refractivity contribution in [3.8, 4) is 0 Å². The maximum Gasteiger partial charge on any atom is 0.335 e. The topological polar surface area (TPSA) is 62.2 Å². The van der Waals surface area contributed by atoms with Crippen molar-refractivity contribution in [3.63, 3.8) is 0 Å². The van der Waals surface area contributed by atoms with E-state index in [2.05, 4.69) is 16.6 Å². The second kappa shape index (κ2) is 7.16. The van der Waals surface area contributed by atoms with Gasteiger partial charge in [-0.3, -0.25) is 0 Å². The molecule has 0 spiro atoms. The van der Waals surface area contributed by atoms with Crippen LogP contribution in [0.5, 0.6) is 0 Å². The van der Waals surface area contributed by atoms with Crippen molar-refractivity contribution in [2.45, 2.75) is 50.2 Å². The van der Waals surface area contributed by atoms with Gasteiger partial charge in [0.15, 0.2) is 0 Å². The molecule has 0 atom stereocenters. The fourth-order valence-corrected chi connectivity index (χ4v) is 3.80. The highest BCUT2D eigenvalue weighted by atomic mass is 32.2. The fraction of sp³-hybridized carbons (Fsp3) is 0.625. The van der Waals surface area contributed by atoms with E-state index in [1.165, 1.54) is 32.1 Å². The third-order valence-electron chi connectivity index (χ3n) is 4.28. The number of hydrogen-bond donors (Lipinski definition) is 2. The first-order valence-corrected chi connectivity index (χ1v) is 8.84. The van der Waals surface area contributed by atoms with Crippen molar-refractivity contribution in [2.75, 3.05) is 18.1 Å². The molecule has 1 fully saturated rings. The van der Waals surface area contributed by atoms with E-state index in [0.717, 1.165) is 18.7 Å². The predicted molar refractivity (Wildman–Crippen MR) is 88.4 cm³/mol. The third-order valence-corrected chi connectivity index (χ3v) is 5.70. The van der Waals surface area contributed by atoms with E-state index in [4.69, 9.17) is 0 Å². The molecule has 0 unspecified atom stereocenters. The van der Waals surface area contributed by atoms with Gasteiger partial charge in [0.1, 0.15) is 5.82 Å². The highest BCUT2D eigenvalue weighted by Gasteiger charge is 2.31. The molecule has 1 aromatic rings. The number of pyridine rings is 1. The molecule has 116 valence electrons. The van der Waals surface area contributed by atoms with Crippen LogP contribution in [0.15, 0.2) is 12.1 Å². The molecule has 1 saturated carbocycles.